The number of carbonyl (C=O) groups excluding carboxylic acids is 1. The number of hydrogen-bond acceptors (Lipinski definition) is 3. The molecule has 1 N–H and O–H groups in total. The van der Waals surface area contributed by atoms with Crippen LogP contribution in [-0.4, -0.2) is 16.9 Å². The fourth-order valence-corrected chi connectivity index (χ4v) is 4.58. The Morgan fingerprint density at radius 2 is 2.18 bits per heavy atom. The van der Waals surface area contributed by atoms with E-state index < -0.39 is 11.2 Å². The molecule has 3 aliphatic rings. The molecular weight excluding hydrogens is 216 g/mol. The topological polar surface area (TPSA) is 46.5 Å². The average Bonchev–Trinajstić information content (AvgIpc) is 2.69. The van der Waals surface area contributed by atoms with Gasteiger partial charge >= 0.3 is 5.97 Å². The highest BCUT2D eigenvalue weighted by Crippen LogP contribution is 2.69. The highest BCUT2D eigenvalue weighted by Gasteiger charge is 2.74. The molecule has 1 saturated heterocycles. The van der Waals surface area contributed by atoms with E-state index in [1.54, 1.807) is 0 Å². The molecule has 3 heteroatoms. The van der Waals surface area contributed by atoms with Gasteiger partial charge in [-0.25, -0.2) is 0 Å². The number of allylic oxidation sites excluding steroid dienone is 1. The van der Waals surface area contributed by atoms with Gasteiger partial charge in [0.15, 0.2) is 0 Å². The predicted molar refractivity (Wildman–Crippen MR) is 62.9 cm³/mol. The molecule has 94 valence electrons. The number of esters is 1. The monoisotopic (exact) mass is 236 g/mol. The molecule has 0 spiro atoms. The van der Waals surface area contributed by atoms with E-state index in [4.69, 9.17) is 4.74 Å². The minimum absolute atomic E-state index is 0.109. The van der Waals surface area contributed by atoms with Crippen LogP contribution in [0.25, 0.3) is 0 Å². The van der Waals surface area contributed by atoms with Crippen LogP contribution in [0.5, 0.6) is 0 Å². The van der Waals surface area contributed by atoms with Crippen LogP contribution >= 0.6 is 0 Å². The first-order valence-corrected chi connectivity index (χ1v) is 6.48. The predicted octanol–water partition coefficient (Wildman–Crippen LogP) is 2.25. The first kappa shape index (κ1) is 11.3. The Balaban J connectivity index is 2.18. The van der Waals surface area contributed by atoms with Gasteiger partial charge in [0, 0.05) is 12.3 Å². The smallest absolute Gasteiger partial charge is 0.315 e. The second-order valence-electron chi connectivity index (χ2n) is 6.33. The van der Waals surface area contributed by atoms with Crippen molar-refractivity contribution in [2.24, 2.45) is 22.7 Å². The lowest BCUT2D eigenvalue weighted by molar-refractivity contribution is -0.198. The van der Waals surface area contributed by atoms with Crippen molar-refractivity contribution in [1.29, 1.82) is 0 Å². The summed E-state index contributed by atoms with van der Waals surface area (Å²) < 4.78 is 5.36. The highest BCUT2D eigenvalue weighted by atomic mass is 16.7. The molecule has 0 aromatic rings. The Morgan fingerprint density at radius 3 is 2.82 bits per heavy atom. The van der Waals surface area contributed by atoms with Crippen molar-refractivity contribution < 1.29 is 14.6 Å². The van der Waals surface area contributed by atoms with Gasteiger partial charge < -0.3 is 9.84 Å². The lowest BCUT2D eigenvalue weighted by atomic mass is 9.53. The van der Waals surface area contributed by atoms with Gasteiger partial charge in [-0.2, -0.15) is 0 Å². The van der Waals surface area contributed by atoms with E-state index in [0.29, 0.717) is 6.42 Å². The van der Waals surface area contributed by atoms with Crippen LogP contribution < -0.4 is 0 Å². The van der Waals surface area contributed by atoms with Gasteiger partial charge in [0.1, 0.15) is 0 Å². The fraction of sp³-hybridized carbons (Fsp3) is 0.786. The van der Waals surface area contributed by atoms with E-state index in [-0.39, 0.29) is 23.2 Å². The minimum Gasteiger partial charge on any atom is -0.432 e. The summed E-state index contributed by atoms with van der Waals surface area (Å²) in [4.78, 5) is 12.2. The van der Waals surface area contributed by atoms with Crippen molar-refractivity contribution in [3.05, 3.63) is 12.7 Å². The summed E-state index contributed by atoms with van der Waals surface area (Å²) in [7, 11) is 0. The van der Waals surface area contributed by atoms with Gasteiger partial charge in [0.05, 0.1) is 5.41 Å². The Kier molecular flexibility index (Phi) is 1.95. The first-order chi connectivity index (χ1) is 7.89. The first-order valence-electron chi connectivity index (χ1n) is 6.48. The SMILES string of the molecule is C=C[C@@]12CC[C@@H](C)[C@@]3(C)C(=O)O[C@@](O)(CC1)[C@@H]23. The Hall–Kier alpha value is -0.830. The second kappa shape index (κ2) is 2.94. The summed E-state index contributed by atoms with van der Waals surface area (Å²) in [5.41, 5.74) is -0.653. The molecule has 0 aromatic carbocycles. The molecular formula is C14H20O3. The van der Waals surface area contributed by atoms with Gasteiger partial charge in [-0.3, -0.25) is 4.79 Å². The molecule has 2 saturated carbocycles. The second-order valence-corrected chi connectivity index (χ2v) is 6.33. The van der Waals surface area contributed by atoms with Crippen molar-refractivity contribution in [1.82, 2.24) is 0 Å². The molecule has 3 fully saturated rings. The van der Waals surface area contributed by atoms with Gasteiger partial charge in [0.2, 0.25) is 5.79 Å². The Morgan fingerprint density at radius 1 is 1.47 bits per heavy atom. The summed E-state index contributed by atoms with van der Waals surface area (Å²) in [6.07, 6.45) is 5.41. The summed E-state index contributed by atoms with van der Waals surface area (Å²) in [6, 6.07) is 0. The third-order valence-corrected chi connectivity index (χ3v) is 5.76. The molecule has 17 heavy (non-hydrogen) atoms. The molecule has 0 radical (unpaired) electrons. The molecule has 1 heterocycles. The molecule has 3 nitrogen and oxygen atoms in total. The maximum absolute atomic E-state index is 12.2. The lowest BCUT2D eigenvalue weighted by Gasteiger charge is -2.48. The van der Waals surface area contributed by atoms with Crippen LogP contribution in [0, 0.1) is 22.7 Å². The molecule has 0 bridgehead atoms. The van der Waals surface area contributed by atoms with E-state index in [2.05, 4.69) is 13.5 Å². The lowest BCUT2D eigenvalue weighted by Crippen LogP contribution is -2.50. The van der Waals surface area contributed by atoms with Crippen LogP contribution in [0.15, 0.2) is 12.7 Å². The standard InChI is InChI=1S/C14H20O3/c1-4-13-6-5-9(2)12(3)10(13)14(16,8-7-13)17-11(12)15/h4,9-10,16H,1,5-8H2,2-3H3/t9-,10-,12-,13-,14+/m1/s1. The van der Waals surface area contributed by atoms with Crippen LogP contribution in [0.4, 0.5) is 0 Å². The number of aliphatic hydroxyl groups is 1. The molecule has 3 rings (SSSR count). The summed E-state index contributed by atoms with van der Waals surface area (Å²) in [5, 5.41) is 10.6. The third kappa shape index (κ3) is 1.05. The third-order valence-electron chi connectivity index (χ3n) is 5.76. The largest absolute Gasteiger partial charge is 0.432 e. The van der Waals surface area contributed by atoms with E-state index in [9.17, 15) is 9.90 Å². The zero-order valence-electron chi connectivity index (χ0n) is 10.5. The van der Waals surface area contributed by atoms with Crippen molar-refractivity contribution in [3.63, 3.8) is 0 Å². The Labute approximate surface area is 102 Å². The van der Waals surface area contributed by atoms with Crippen molar-refractivity contribution in [2.45, 2.75) is 45.3 Å². The molecule has 2 aliphatic carbocycles. The highest BCUT2D eigenvalue weighted by molar-refractivity contribution is 5.81. The van der Waals surface area contributed by atoms with Crippen LogP contribution in [0.2, 0.25) is 0 Å². The number of hydrogen-bond donors (Lipinski definition) is 1. The fourth-order valence-electron chi connectivity index (χ4n) is 4.58. The zero-order valence-corrected chi connectivity index (χ0v) is 10.5. The quantitative estimate of drug-likeness (QED) is 0.561. The van der Waals surface area contributed by atoms with E-state index in [1.165, 1.54) is 0 Å². The number of ether oxygens (including phenoxy) is 1. The van der Waals surface area contributed by atoms with Crippen LogP contribution in [0.1, 0.15) is 39.5 Å². The maximum atomic E-state index is 12.2. The van der Waals surface area contributed by atoms with Crippen molar-refractivity contribution >= 4 is 5.97 Å². The molecule has 0 amide bonds. The normalized spacial score (nSPS) is 56.5. The van der Waals surface area contributed by atoms with Crippen molar-refractivity contribution in [2.75, 3.05) is 0 Å². The Bertz CT molecular complexity index is 404. The van der Waals surface area contributed by atoms with Gasteiger partial charge in [0.25, 0.3) is 0 Å². The van der Waals surface area contributed by atoms with Gasteiger partial charge in [-0.1, -0.05) is 13.0 Å². The average molecular weight is 236 g/mol. The van der Waals surface area contributed by atoms with E-state index >= 15 is 0 Å². The molecule has 0 aromatic heterocycles. The van der Waals surface area contributed by atoms with Crippen LogP contribution in [0.3, 0.4) is 0 Å². The van der Waals surface area contributed by atoms with E-state index in [0.717, 1.165) is 19.3 Å². The number of rotatable bonds is 1. The van der Waals surface area contributed by atoms with Crippen LogP contribution in [-0.2, 0) is 9.53 Å². The zero-order chi connectivity index (χ0) is 12.5. The molecule has 0 unspecified atom stereocenters. The van der Waals surface area contributed by atoms with Gasteiger partial charge in [-0.15, -0.1) is 6.58 Å². The minimum atomic E-state index is -1.24. The molecule has 1 aliphatic heterocycles. The summed E-state index contributed by atoms with van der Waals surface area (Å²) >= 11 is 0. The number of carbonyl (C=O) groups is 1. The van der Waals surface area contributed by atoms with E-state index in [1.807, 2.05) is 13.0 Å². The maximum Gasteiger partial charge on any atom is 0.315 e. The summed E-state index contributed by atoms with van der Waals surface area (Å²) in [5.74, 6) is -1.31. The molecule has 5 atom stereocenters. The summed E-state index contributed by atoms with van der Waals surface area (Å²) in [6.45, 7) is 8.01. The van der Waals surface area contributed by atoms with Gasteiger partial charge in [-0.05, 0) is 37.5 Å². The van der Waals surface area contributed by atoms with Crippen molar-refractivity contribution in [3.8, 4) is 0 Å².